The number of nitrogens with one attached hydrogen (secondary N) is 1. The van der Waals surface area contributed by atoms with Crippen LogP contribution in [0.5, 0.6) is 0 Å². The van der Waals surface area contributed by atoms with E-state index >= 15 is 0 Å². The van der Waals surface area contributed by atoms with E-state index < -0.39 is 0 Å². The van der Waals surface area contributed by atoms with Crippen molar-refractivity contribution in [2.45, 2.75) is 29.7 Å². The minimum Gasteiger partial charge on any atom is -0.313 e. The zero-order valence-electron chi connectivity index (χ0n) is 11.6. The van der Waals surface area contributed by atoms with E-state index in [1.54, 1.807) is 18.2 Å². The molecular formula is C16H16Cl2FNS. The van der Waals surface area contributed by atoms with Crippen LogP contribution in [0, 0.1) is 5.82 Å². The van der Waals surface area contributed by atoms with Gasteiger partial charge in [0.2, 0.25) is 0 Å². The Morgan fingerprint density at radius 2 is 1.95 bits per heavy atom. The molecular weight excluding hydrogens is 328 g/mol. The molecule has 0 atom stereocenters. The second kappa shape index (κ2) is 8.04. The maximum absolute atomic E-state index is 14.0. The Bertz CT molecular complexity index is 619. The summed E-state index contributed by atoms with van der Waals surface area (Å²) in [6.45, 7) is 3.47. The van der Waals surface area contributed by atoms with Gasteiger partial charge in [-0.1, -0.05) is 48.0 Å². The van der Waals surface area contributed by atoms with Crippen LogP contribution in [0.3, 0.4) is 0 Å². The van der Waals surface area contributed by atoms with Crippen LogP contribution in [0.1, 0.15) is 18.9 Å². The van der Waals surface area contributed by atoms with Crippen molar-refractivity contribution >= 4 is 35.0 Å². The lowest BCUT2D eigenvalue weighted by Gasteiger charge is -2.11. The molecule has 0 saturated carbocycles. The third kappa shape index (κ3) is 4.62. The monoisotopic (exact) mass is 343 g/mol. The number of hydrogen-bond acceptors (Lipinski definition) is 2. The Kier molecular flexibility index (Phi) is 6.37. The van der Waals surface area contributed by atoms with E-state index in [1.165, 1.54) is 17.8 Å². The van der Waals surface area contributed by atoms with Crippen LogP contribution in [-0.4, -0.2) is 6.54 Å². The van der Waals surface area contributed by atoms with Gasteiger partial charge in [-0.05, 0) is 43.3 Å². The van der Waals surface area contributed by atoms with Gasteiger partial charge < -0.3 is 5.32 Å². The summed E-state index contributed by atoms with van der Waals surface area (Å²) in [7, 11) is 0. The quantitative estimate of drug-likeness (QED) is 0.666. The van der Waals surface area contributed by atoms with E-state index in [0.717, 1.165) is 22.8 Å². The summed E-state index contributed by atoms with van der Waals surface area (Å²) in [4.78, 5) is 1.82. The van der Waals surface area contributed by atoms with Crippen LogP contribution >= 0.6 is 35.0 Å². The van der Waals surface area contributed by atoms with Crippen molar-refractivity contribution in [2.24, 2.45) is 0 Å². The number of halogens is 3. The second-order valence-corrected chi connectivity index (χ2v) is 6.50. The molecule has 0 aliphatic rings. The highest BCUT2D eigenvalue weighted by Crippen LogP contribution is 2.35. The van der Waals surface area contributed by atoms with Crippen molar-refractivity contribution in [3.05, 3.63) is 57.8 Å². The molecule has 5 heteroatoms. The van der Waals surface area contributed by atoms with Crippen molar-refractivity contribution in [1.29, 1.82) is 0 Å². The SMILES string of the molecule is CCCNCc1c(F)cccc1Sc1ccc(Cl)c(Cl)c1. The molecule has 0 aliphatic carbocycles. The lowest BCUT2D eigenvalue weighted by Crippen LogP contribution is -2.15. The van der Waals surface area contributed by atoms with E-state index in [9.17, 15) is 4.39 Å². The summed E-state index contributed by atoms with van der Waals surface area (Å²) in [5.74, 6) is -0.191. The Morgan fingerprint density at radius 1 is 1.14 bits per heavy atom. The standard InChI is InChI=1S/C16H16Cl2FNS/c1-2-8-20-10-12-15(19)4-3-5-16(12)21-11-6-7-13(17)14(18)9-11/h3-7,9,20H,2,8,10H2,1H3. The maximum Gasteiger partial charge on any atom is 0.128 e. The van der Waals surface area contributed by atoms with Gasteiger partial charge in [-0.15, -0.1) is 0 Å². The van der Waals surface area contributed by atoms with Crippen molar-refractivity contribution in [2.75, 3.05) is 6.54 Å². The maximum atomic E-state index is 14.0. The molecule has 2 aromatic rings. The van der Waals surface area contributed by atoms with Gasteiger partial charge in [0.25, 0.3) is 0 Å². The van der Waals surface area contributed by atoms with Gasteiger partial charge in [0, 0.05) is 21.9 Å². The highest BCUT2D eigenvalue weighted by molar-refractivity contribution is 7.99. The minimum atomic E-state index is -0.191. The predicted octanol–water partition coefficient (Wildman–Crippen LogP) is 5.78. The summed E-state index contributed by atoms with van der Waals surface area (Å²) >= 11 is 13.4. The van der Waals surface area contributed by atoms with E-state index in [2.05, 4.69) is 12.2 Å². The predicted molar refractivity (Wildman–Crippen MR) is 89.0 cm³/mol. The van der Waals surface area contributed by atoms with Crippen molar-refractivity contribution < 1.29 is 4.39 Å². The van der Waals surface area contributed by atoms with Gasteiger partial charge in [0.1, 0.15) is 5.82 Å². The van der Waals surface area contributed by atoms with E-state index in [-0.39, 0.29) is 5.82 Å². The molecule has 0 bridgehead atoms. The third-order valence-corrected chi connectivity index (χ3v) is 4.75. The normalized spacial score (nSPS) is 10.9. The van der Waals surface area contributed by atoms with Crippen molar-refractivity contribution in [3.63, 3.8) is 0 Å². The zero-order valence-corrected chi connectivity index (χ0v) is 14.0. The van der Waals surface area contributed by atoms with Gasteiger partial charge in [-0.3, -0.25) is 0 Å². The van der Waals surface area contributed by atoms with Gasteiger partial charge in [-0.2, -0.15) is 0 Å². The zero-order chi connectivity index (χ0) is 15.2. The second-order valence-electron chi connectivity index (χ2n) is 4.57. The first kappa shape index (κ1) is 16.6. The summed E-state index contributed by atoms with van der Waals surface area (Å²) < 4.78 is 14.0. The van der Waals surface area contributed by atoms with Crippen LogP contribution < -0.4 is 5.32 Å². The molecule has 2 aromatic carbocycles. The molecule has 2 rings (SSSR count). The van der Waals surface area contributed by atoms with Crippen LogP contribution in [0.25, 0.3) is 0 Å². The van der Waals surface area contributed by atoms with Gasteiger partial charge in [0.15, 0.2) is 0 Å². The van der Waals surface area contributed by atoms with Crippen LogP contribution in [-0.2, 0) is 6.54 Å². The average Bonchev–Trinajstić information content (AvgIpc) is 2.46. The molecule has 0 amide bonds. The molecule has 1 N–H and O–H groups in total. The minimum absolute atomic E-state index is 0.191. The van der Waals surface area contributed by atoms with Crippen LogP contribution in [0.4, 0.5) is 4.39 Å². The molecule has 0 aromatic heterocycles. The van der Waals surface area contributed by atoms with Crippen LogP contribution in [0.2, 0.25) is 10.0 Å². The van der Waals surface area contributed by atoms with Gasteiger partial charge >= 0.3 is 0 Å². The fraction of sp³-hybridized carbons (Fsp3) is 0.250. The average molecular weight is 344 g/mol. The molecule has 0 radical (unpaired) electrons. The Hall–Kier alpha value is -0.740. The topological polar surface area (TPSA) is 12.0 Å². The van der Waals surface area contributed by atoms with Crippen LogP contribution in [0.15, 0.2) is 46.2 Å². The summed E-state index contributed by atoms with van der Waals surface area (Å²) in [6.07, 6.45) is 1.02. The highest BCUT2D eigenvalue weighted by atomic mass is 35.5. The van der Waals surface area contributed by atoms with Crippen molar-refractivity contribution in [3.8, 4) is 0 Å². The van der Waals surface area contributed by atoms with Crippen molar-refractivity contribution in [1.82, 2.24) is 5.32 Å². The van der Waals surface area contributed by atoms with E-state index in [1.807, 2.05) is 12.1 Å². The molecule has 21 heavy (non-hydrogen) atoms. The van der Waals surface area contributed by atoms with E-state index in [4.69, 9.17) is 23.2 Å². The molecule has 0 aliphatic heterocycles. The number of rotatable bonds is 6. The molecule has 112 valence electrons. The summed E-state index contributed by atoms with van der Waals surface area (Å²) in [5.41, 5.74) is 0.682. The van der Waals surface area contributed by atoms with E-state index in [0.29, 0.717) is 22.2 Å². The third-order valence-electron chi connectivity index (χ3n) is 2.92. The Labute approximate surface area is 138 Å². The van der Waals surface area contributed by atoms with Gasteiger partial charge in [-0.25, -0.2) is 4.39 Å². The lowest BCUT2D eigenvalue weighted by atomic mass is 10.2. The summed E-state index contributed by atoms with van der Waals surface area (Å²) in [6, 6.07) is 10.6. The van der Waals surface area contributed by atoms with Gasteiger partial charge in [0.05, 0.1) is 10.0 Å². The first-order chi connectivity index (χ1) is 10.1. The fourth-order valence-corrected chi connectivity index (χ4v) is 3.23. The molecule has 0 saturated heterocycles. The first-order valence-corrected chi connectivity index (χ1v) is 8.30. The highest BCUT2D eigenvalue weighted by Gasteiger charge is 2.10. The fourth-order valence-electron chi connectivity index (χ4n) is 1.86. The smallest absolute Gasteiger partial charge is 0.128 e. The Balaban J connectivity index is 2.22. The first-order valence-electron chi connectivity index (χ1n) is 6.73. The lowest BCUT2D eigenvalue weighted by molar-refractivity contribution is 0.578. The Morgan fingerprint density at radius 3 is 2.67 bits per heavy atom. The molecule has 0 heterocycles. The number of hydrogen-bond donors (Lipinski definition) is 1. The molecule has 0 fully saturated rings. The number of benzene rings is 2. The molecule has 0 unspecified atom stereocenters. The largest absolute Gasteiger partial charge is 0.313 e. The summed E-state index contributed by atoms with van der Waals surface area (Å²) in [5, 5.41) is 4.26. The molecule has 0 spiro atoms. The molecule has 1 nitrogen and oxygen atoms in total.